The Kier molecular flexibility index (Phi) is 3.54. The molecule has 0 saturated carbocycles. The van der Waals surface area contributed by atoms with Gasteiger partial charge in [-0.3, -0.25) is 4.67 Å². The molecule has 2 rings (SSSR count). The molecule has 1 aliphatic rings. The largest absolute Gasteiger partial charge is 0.370 e. The molecule has 1 unspecified atom stereocenters. The minimum atomic E-state index is -2.93. The van der Waals surface area contributed by atoms with E-state index < -0.39 is 7.67 Å². The van der Waals surface area contributed by atoms with Crippen LogP contribution in [0.5, 0.6) is 0 Å². The van der Waals surface area contributed by atoms with Crippen molar-refractivity contribution in [1.82, 2.24) is 4.67 Å². The molecule has 0 spiro atoms. The Morgan fingerprint density at radius 1 is 1.28 bits per heavy atom. The summed E-state index contributed by atoms with van der Waals surface area (Å²) in [7, 11) is 0.671. The second-order valence-corrected chi connectivity index (χ2v) is 8.19. The molecule has 5 heteroatoms. The Morgan fingerprint density at radius 3 is 2.44 bits per heavy atom. The summed E-state index contributed by atoms with van der Waals surface area (Å²) in [5.74, 6) is 0. The molecule has 0 aliphatic carbocycles. The van der Waals surface area contributed by atoms with Crippen LogP contribution in [0.3, 0.4) is 0 Å². The maximum Gasteiger partial charge on any atom is 0.370 e. The number of rotatable bonds is 2. The topological polar surface area (TPSA) is 32.8 Å². The van der Waals surface area contributed by atoms with E-state index in [4.69, 9.17) is 4.52 Å². The summed E-state index contributed by atoms with van der Waals surface area (Å²) in [5.41, 5.74) is 0.946. The van der Waals surface area contributed by atoms with Crippen LogP contribution in [-0.4, -0.2) is 31.9 Å². The molecular weight excluding hydrogens is 247 g/mol. The van der Waals surface area contributed by atoms with Gasteiger partial charge in [-0.1, -0.05) is 32.0 Å². The summed E-state index contributed by atoms with van der Waals surface area (Å²) in [6.07, 6.45) is 0. The molecule has 1 aromatic rings. The average Bonchev–Trinajstić information content (AvgIpc) is 2.33. The van der Waals surface area contributed by atoms with E-state index in [1.165, 1.54) is 0 Å². The molecule has 0 radical (unpaired) electrons. The Morgan fingerprint density at radius 2 is 1.89 bits per heavy atom. The van der Waals surface area contributed by atoms with E-state index >= 15 is 0 Å². The Bertz CT molecular complexity index is 459. The van der Waals surface area contributed by atoms with Crippen LogP contribution in [-0.2, 0) is 9.09 Å². The first-order valence-corrected chi connectivity index (χ1v) is 7.64. The maximum absolute atomic E-state index is 13.0. The van der Waals surface area contributed by atoms with Gasteiger partial charge in [0.05, 0.1) is 6.61 Å². The highest BCUT2D eigenvalue weighted by Gasteiger charge is 2.43. The molecule has 1 atom stereocenters. The first-order valence-electron chi connectivity index (χ1n) is 6.11. The van der Waals surface area contributed by atoms with Gasteiger partial charge in [0.1, 0.15) is 0 Å². The van der Waals surface area contributed by atoms with Crippen LogP contribution >= 0.6 is 7.67 Å². The van der Waals surface area contributed by atoms with Gasteiger partial charge < -0.3 is 4.52 Å². The van der Waals surface area contributed by atoms with E-state index in [-0.39, 0.29) is 5.41 Å². The Labute approximate surface area is 109 Å². The standard InChI is InChI=1S/C13H21N2O2P/c1-13(2)10-15(12-8-6-5-7-9-12)18(16,14(3)4)17-11-13/h5-9H,10-11H2,1-4H3. The van der Waals surface area contributed by atoms with E-state index in [9.17, 15) is 4.57 Å². The quantitative estimate of drug-likeness (QED) is 0.771. The third-order valence-electron chi connectivity index (χ3n) is 3.07. The van der Waals surface area contributed by atoms with E-state index in [0.717, 1.165) is 12.2 Å². The highest BCUT2D eigenvalue weighted by molar-refractivity contribution is 7.58. The summed E-state index contributed by atoms with van der Waals surface area (Å²) >= 11 is 0. The lowest BCUT2D eigenvalue weighted by molar-refractivity contribution is 0.151. The number of nitrogens with zero attached hydrogens (tertiary/aromatic N) is 2. The summed E-state index contributed by atoms with van der Waals surface area (Å²) in [4.78, 5) is 0. The first-order chi connectivity index (χ1) is 8.35. The molecule has 0 aromatic heterocycles. The van der Waals surface area contributed by atoms with Crippen LogP contribution in [0.25, 0.3) is 0 Å². The summed E-state index contributed by atoms with van der Waals surface area (Å²) in [6, 6.07) is 9.82. The van der Waals surface area contributed by atoms with Crippen molar-refractivity contribution in [3.05, 3.63) is 30.3 Å². The Balaban J connectivity index is 2.41. The molecule has 0 bridgehead atoms. The fourth-order valence-corrected chi connectivity index (χ4v) is 4.34. The van der Waals surface area contributed by atoms with Gasteiger partial charge in [0.25, 0.3) is 0 Å². The molecule has 4 nitrogen and oxygen atoms in total. The van der Waals surface area contributed by atoms with Crippen LogP contribution in [0.2, 0.25) is 0 Å². The minimum absolute atomic E-state index is 0.000237. The summed E-state index contributed by atoms with van der Waals surface area (Å²) < 4.78 is 22.3. The van der Waals surface area contributed by atoms with Crippen molar-refractivity contribution >= 4 is 13.4 Å². The van der Waals surface area contributed by atoms with Crippen molar-refractivity contribution in [2.45, 2.75) is 13.8 Å². The molecule has 1 saturated heterocycles. The maximum atomic E-state index is 13.0. The molecule has 1 heterocycles. The lowest BCUT2D eigenvalue weighted by Gasteiger charge is -2.45. The normalized spacial score (nSPS) is 27.5. The average molecular weight is 268 g/mol. The van der Waals surface area contributed by atoms with Crippen molar-refractivity contribution in [3.8, 4) is 0 Å². The monoisotopic (exact) mass is 268 g/mol. The van der Waals surface area contributed by atoms with Gasteiger partial charge in [-0.25, -0.2) is 9.24 Å². The second-order valence-electron chi connectivity index (χ2n) is 5.67. The highest BCUT2D eigenvalue weighted by atomic mass is 31.2. The minimum Gasteiger partial charge on any atom is -0.301 e. The molecule has 1 aromatic carbocycles. The van der Waals surface area contributed by atoms with Gasteiger partial charge in [0.2, 0.25) is 0 Å². The third kappa shape index (κ3) is 2.46. The number of hydrogen-bond acceptors (Lipinski definition) is 2. The smallest absolute Gasteiger partial charge is 0.301 e. The summed E-state index contributed by atoms with van der Waals surface area (Å²) in [5, 5.41) is 0. The van der Waals surface area contributed by atoms with Crippen molar-refractivity contribution in [3.63, 3.8) is 0 Å². The zero-order valence-corrected chi connectivity index (χ0v) is 12.4. The fourth-order valence-electron chi connectivity index (χ4n) is 2.04. The van der Waals surface area contributed by atoms with Crippen molar-refractivity contribution in [1.29, 1.82) is 0 Å². The molecule has 0 amide bonds. The summed E-state index contributed by atoms with van der Waals surface area (Å²) in [6.45, 7) is 5.50. The highest BCUT2D eigenvalue weighted by Crippen LogP contribution is 2.58. The molecule has 18 heavy (non-hydrogen) atoms. The lowest BCUT2D eigenvalue weighted by atomic mass is 9.95. The van der Waals surface area contributed by atoms with Crippen LogP contribution in [0.1, 0.15) is 13.8 Å². The second kappa shape index (κ2) is 4.69. The SMILES string of the molecule is CN(C)P1(=O)OCC(C)(C)CN1c1ccccc1. The van der Waals surface area contributed by atoms with Crippen LogP contribution in [0.4, 0.5) is 5.69 Å². The number of anilines is 1. The number of hydrogen-bond donors (Lipinski definition) is 0. The van der Waals surface area contributed by atoms with Crippen molar-refractivity contribution in [2.75, 3.05) is 31.9 Å². The van der Waals surface area contributed by atoms with E-state index in [1.807, 2.05) is 35.0 Å². The predicted octanol–water partition coefficient (Wildman–Crippen LogP) is 3.22. The first kappa shape index (κ1) is 13.6. The van der Waals surface area contributed by atoms with Crippen LogP contribution in [0, 0.1) is 5.41 Å². The van der Waals surface area contributed by atoms with Gasteiger partial charge in [0, 0.05) is 17.6 Å². The van der Waals surface area contributed by atoms with Gasteiger partial charge in [-0.05, 0) is 26.2 Å². The van der Waals surface area contributed by atoms with Gasteiger partial charge in [-0.15, -0.1) is 0 Å². The molecule has 0 N–H and O–H groups in total. The van der Waals surface area contributed by atoms with Gasteiger partial charge in [0.15, 0.2) is 0 Å². The third-order valence-corrected chi connectivity index (χ3v) is 5.53. The number of para-hydroxylation sites is 1. The molecular formula is C13H21N2O2P. The zero-order chi connectivity index (χ0) is 13.4. The fraction of sp³-hybridized carbons (Fsp3) is 0.538. The van der Waals surface area contributed by atoms with Crippen molar-refractivity contribution in [2.24, 2.45) is 5.41 Å². The molecule has 1 fully saturated rings. The number of benzene rings is 1. The predicted molar refractivity (Wildman–Crippen MR) is 74.8 cm³/mol. The van der Waals surface area contributed by atoms with Crippen LogP contribution < -0.4 is 4.67 Å². The Hall–Kier alpha value is -0.830. The molecule has 100 valence electrons. The van der Waals surface area contributed by atoms with Crippen molar-refractivity contribution < 1.29 is 9.09 Å². The van der Waals surface area contributed by atoms with E-state index in [0.29, 0.717) is 6.61 Å². The van der Waals surface area contributed by atoms with Gasteiger partial charge in [-0.2, -0.15) is 0 Å². The lowest BCUT2D eigenvalue weighted by Crippen LogP contribution is -2.44. The molecule has 1 aliphatic heterocycles. The van der Waals surface area contributed by atoms with Gasteiger partial charge >= 0.3 is 7.67 Å². The van der Waals surface area contributed by atoms with E-state index in [1.54, 1.807) is 18.8 Å². The van der Waals surface area contributed by atoms with E-state index in [2.05, 4.69) is 13.8 Å². The van der Waals surface area contributed by atoms with Crippen LogP contribution in [0.15, 0.2) is 30.3 Å². The zero-order valence-electron chi connectivity index (χ0n) is 11.5.